The van der Waals surface area contributed by atoms with Crippen LogP contribution in [-0.4, -0.2) is 17.4 Å². The molecule has 6 heteroatoms. The van der Waals surface area contributed by atoms with E-state index in [1.165, 1.54) is 0 Å². The van der Waals surface area contributed by atoms with Gasteiger partial charge in [0.05, 0.1) is 5.01 Å². The zero-order chi connectivity index (χ0) is 16.4. The molecular formula is C17H16N2O3S. The van der Waals surface area contributed by atoms with Crippen LogP contribution in [0.3, 0.4) is 0 Å². The van der Waals surface area contributed by atoms with Crippen molar-refractivity contribution in [3.05, 3.63) is 62.4 Å². The molecule has 5 nitrogen and oxygen atoms in total. The Balaban J connectivity index is 1.85. The van der Waals surface area contributed by atoms with Crippen molar-refractivity contribution in [1.29, 1.82) is 0 Å². The Morgan fingerprint density at radius 3 is 2.91 bits per heavy atom. The molecule has 0 aliphatic rings. The van der Waals surface area contributed by atoms with Crippen LogP contribution in [0.1, 0.15) is 33.8 Å². The molecule has 1 atom stereocenters. The maximum Gasteiger partial charge on any atom is 0.349 e. The monoisotopic (exact) mass is 328 g/mol. The first-order valence-corrected chi connectivity index (χ1v) is 8.16. The maximum absolute atomic E-state index is 12.4. The minimum absolute atomic E-state index is 0.0649. The summed E-state index contributed by atoms with van der Waals surface area (Å²) in [5.74, 6) is -0.322. The number of carbonyl (C=O) groups excluding carboxylic acids is 1. The minimum atomic E-state index is -0.611. The molecule has 1 unspecified atom stereocenters. The predicted molar refractivity (Wildman–Crippen MR) is 90.1 cm³/mol. The molecule has 118 valence electrons. The van der Waals surface area contributed by atoms with Crippen LogP contribution in [0, 0.1) is 6.92 Å². The van der Waals surface area contributed by atoms with Crippen LogP contribution in [0.25, 0.3) is 11.0 Å². The maximum atomic E-state index is 12.4. The second-order valence-corrected chi connectivity index (χ2v) is 6.29. The number of fused-ring (bicyclic) bond motifs is 1. The number of para-hydroxylation sites is 1. The van der Waals surface area contributed by atoms with E-state index in [1.54, 1.807) is 36.6 Å². The number of rotatable bonds is 4. The summed E-state index contributed by atoms with van der Waals surface area (Å²) in [7, 11) is 0. The van der Waals surface area contributed by atoms with Crippen molar-refractivity contribution in [3.63, 3.8) is 0 Å². The number of hydrogen-bond donors (Lipinski definition) is 1. The molecule has 0 saturated heterocycles. The lowest BCUT2D eigenvalue weighted by atomic mass is 10.1. The third-order valence-corrected chi connectivity index (χ3v) is 4.75. The molecule has 1 aromatic carbocycles. The van der Waals surface area contributed by atoms with E-state index < -0.39 is 11.5 Å². The molecule has 0 spiro atoms. The summed E-state index contributed by atoms with van der Waals surface area (Å²) < 4.78 is 5.25. The second kappa shape index (κ2) is 6.34. The van der Waals surface area contributed by atoms with Crippen LogP contribution in [0.4, 0.5) is 0 Å². The van der Waals surface area contributed by atoms with Crippen molar-refractivity contribution in [2.24, 2.45) is 0 Å². The van der Waals surface area contributed by atoms with Gasteiger partial charge in [-0.25, -0.2) is 9.78 Å². The van der Waals surface area contributed by atoms with E-state index in [4.69, 9.17) is 4.42 Å². The highest BCUT2D eigenvalue weighted by atomic mass is 32.1. The quantitative estimate of drug-likeness (QED) is 0.747. The SMILES string of the molecule is Cc1c(C(=O)NCC(C)c2nccs2)c(=O)oc2ccccc12. The van der Waals surface area contributed by atoms with Gasteiger partial charge in [0.25, 0.3) is 5.91 Å². The van der Waals surface area contributed by atoms with Gasteiger partial charge in [-0.15, -0.1) is 11.3 Å². The Morgan fingerprint density at radius 1 is 1.39 bits per heavy atom. The number of aryl methyl sites for hydroxylation is 1. The van der Waals surface area contributed by atoms with E-state index in [0.717, 1.165) is 10.4 Å². The molecule has 3 rings (SSSR count). The number of carbonyl (C=O) groups is 1. The van der Waals surface area contributed by atoms with Crippen LogP contribution in [0.5, 0.6) is 0 Å². The number of amides is 1. The Hall–Kier alpha value is -2.47. The van der Waals surface area contributed by atoms with Gasteiger partial charge in [-0.2, -0.15) is 0 Å². The molecule has 0 saturated carbocycles. The molecule has 2 heterocycles. The van der Waals surface area contributed by atoms with Crippen LogP contribution in [-0.2, 0) is 0 Å². The van der Waals surface area contributed by atoms with Gasteiger partial charge in [0.15, 0.2) is 0 Å². The average Bonchev–Trinajstić information content (AvgIpc) is 3.07. The zero-order valence-electron chi connectivity index (χ0n) is 12.8. The van der Waals surface area contributed by atoms with Gasteiger partial charge in [0.2, 0.25) is 0 Å². The molecule has 1 amide bonds. The topological polar surface area (TPSA) is 72.2 Å². The molecular weight excluding hydrogens is 312 g/mol. The Kier molecular flexibility index (Phi) is 4.25. The molecule has 1 N–H and O–H groups in total. The van der Waals surface area contributed by atoms with E-state index in [9.17, 15) is 9.59 Å². The van der Waals surface area contributed by atoms with E-state index >= 15 is 0 Å². The number of nitrogens with one attached hydrogen (secondary N) is 1. The number of nitrogens with zero attached hydrogens (tertiary/aromatic N) is 1. The van der Waals surface area contributed by atoms with Crippen molar-refractivity contribution in [1.82, 2.24) is 10.3 Å². The first-order valence-electron chi connectivity index (χ1n) is 7.28. The Bertz CT molecular complexity index is 900. The fraction of sp³-hybridized carbons (Fsp3) is 0.235. The van der Waals surface area contributed by atoms with Gasteiger partial charge < -0.3 is 9.73 Å². The summed E-state index contributed by atoms with van der Waals surface area (Å²) in [6.45, 7) is 4.16. The van der Waals surface area contributed by atoms with E-state index in [0.29, 0.717) is 17.7 Å². The van der Waals surface area contributed by atoms with Gasteiger partial charge in [-0.1, -0.05) is 25.1 Å². The number of benzene rings is 1. The Morgan fingerprint density at radius 2 is 2.17 bits per heavy atom. The highest BCUT2D eigenvalue weighted by Gasteiger charge is 2.19. The van der Waals surface area contributed by atoms with Crippen molar-refractivity contribution >= 4 is 28.2 Å². The van der Waals surface area contributed by atoms with E-state index in [-0.39, 0.29) is 11.5 Å². The summed E-state index contributed by atoms with van der Waals surface area (Å²) in [6.07, 6.45) is 1.74. The van der Waals surface area contributed by atoms with Gasteiger partial charge in [-0.3, -0.25) is 4.79 Å². The van der Waals surface area contributed by atoms with Crippen molar-refractivity contribution < 1.29 is 9.21 Å². The fourth-order valence-electron chi connectivity index (χ4n) is 2.47. The number of hydrogen-bond acceptors (Lipinski definition) is 5. The molecule has 2 aromatic heterocycles. The summed E-state index contributed by atoms with van der Waals surface area (Å²) in [6, 6.07) is 7.19. The Labute approximate surface area is 137 Å². The van der Waals surface area contributed by atoms with Gasteiger partial charge in [-0.05, 0) is 18.6 Å². The predicted octanol–water partition coefficient (Wildman–Crippen LogP) is 3.09. The molecule has 0 aliphatic heterocycles. The largest absolute Gasteiger partial charge is 0.422 e. The third kappa shape index (κ3) is 3.03. The summed E-state index contributed by atoms with van der Waals surface area (Å²) in [4.78, 5) is 28.8. The fourth-order valence-corrected chi connectivity index (χ4v) is 3.16. The second-order valence-electron chi connectivity index (χ2n) is 5.37. The normalized spacial score (nSPS) is 12.3. The lowest BCUT2D eigenvalue weighted by Gasteiger charge is -2.11. The standard InChI is InChI=1S/C17H16N2O3S/c1-10(16-18-7-8-23-16)9-19-15(20)14-11(2)12-5-3-4-6-13(12)22-17(14)21/h3-8,10H,9H2,1-2H3,(H,19,20). The van der Waals surface area contributed by atoms with Crippen LogP contribution < -0.4 is 10.9 Å². The van der Waals surface area contributed by atoms with E-state index in [1.807, 2.05) is 24.4 Å². The smallest absolute Gasteiger partial charge is 0.349 e. The summed E-state index contributed by atoms with van der Waals surface area (Å²) >= 11 is 1.54. The van der Waals surface area contributed by atoms with Crippen LogP contribution >= 0.6 is 11.3 Å². The number of thiazole rings is 1. The van der Waals surface area contributed by atoms with Gasteiger partial charge >= 0.3 is 5.63 Å². The van der Waals surface area contributed by atoms with Crippen LogP contribution in [0.15, 0.2) is 45.1 Å². The highest BCUT2D eigenvalue weighted by molar-refractivity contribution is 7.09. The molecule has 0 radical (unpaired) electrons. The number of aromatic nitrogens is 1. The average molecular weight is 328 g/mol. The van der Waals surface area contributed by atoms with Gasteiger partial charge in [0, 0.05) is 29.4 Å². The highest BCUT2D eigenvalue weighted by Crippen LogP contribution is 2.19. The van der Waals surface area contributed by atoms with Crippen LogP contribution in [0.2, 0.25) is 0 Å². The van der Waals surface area contributed by atoms with Gasteiger partial charge in [0.1, 0.15) is 11.1 Å². The van der Waals surface area contributed by atoms with Crippen molar-refractivity contribution in [3.8, 4) is 0 Å². The van der Waals surface area contributed by atoms with E-state index in [2.05, 4.69) is 10.3 Å². The molecule has 0 fully saturated rings. The molecule has 23 heavy (non-hydrogen) atoms. The first kappa shape index (κ1) is 15.4. The zero-order valence-corrected chi connectivity index (χ0v) is 13.6. The molecule has 0 bridgehead atoms. The summed E-state index contributed by atoms with van der Waals surface area (Å²) in [5.41, 5.74) is 0.578. The molecule has 3 aromatic rings. The lowest BCUT2D eigenvalue weighted by Crippen LogP contribution is -2.32. The minimum Gasteiger partial charge on any atom is -0.422 e. The third-order valence-electron chi connectivity index (χ3n) is 3.74. The molecule has 0 aliphatic carbocycles. The van der Waals surface area contributed by atoms with Crippen molar-refractivity contribution in [2.75, 3.05) is 6.54 Å². The first-order chi connectivity index (χ1) is 11.1. The van der Waals surface area contributed by atoms with Crippen molar-refractivity contribution in [2.45, 2.75) is 19.8 Å². The summed E-state index contributed by atoms with van der Waals surface area (Å²) in [5, 5.41) is 6.42. The lowest BCUT2D eigenvalue weighted by molar-refractivity contribution is 0.0947.